The van der Waals surface area contributed by atoms with Crippen LogP contribution in [0, 0.1) is 12.7 Å². The number of carbonyl (C=O) groups is 1. The van der Waals surface area contributed by atoms with Gasteiger partial charge in [-0.15, -0.1) is 0 Å². The maximum absolute atomic E-state index is 12.9. The van der Waals surface area contributed by atoms with Gasteiger partial charge in [-0.3, -0.25) is 4.79 Å². The second-order valence-electron chi connectivity index (χ2n) is 4.40. The summed E-state index contributed by atoms with van der Waals surface area (Å²) in [5, 5.41) is 0. The number of ether oxygens (including phenoxy) is 1. The van der Waals surface area contributed by atoms with E-state index in [9.17, 15) is 9.18 Å². The lowest BCUT2D eigenvalue weighted by molar-refractivity contribution is 0.0604. The number of ketones is 1. The van der Waals surface area contributed by atoms with E-state index in [0.29, 0.717) is 5.56 Å². The Morgan fingerprint density at radius 1 is 1.05 bits per heavy atom. The molecule has 0 radical (unpaired) electrons. The number of aryl methyl sites for hydroxylation is 1. The van der Waals surface area contributed by atoms with Crippen molar-refractivity contribution in [2.45, 2.75) is 13.0 Å². The second-order valence-corrected chi connectivity index (χ2v) is 4.40. The Morgan fingerprint density at radius 3 is 2.16 bits per heavy atom. The Bertz CT molecular complexity index is 558. The highest BCUT2D eigenvalue weighted by Crippen LogP contribution is 2.22. The van der Waals surface area contributed by atoms with Crippen LogP contribution >= 0.6 is 0 Å². The van der Waals surface area contributed by atoms with Crippen LogP contribution in [0.5, 0.6) is 0 Å². The molecular formula is C16H15FO2. The molecule has 0 aromatic heterocycles. The largest absolute Gasteiger partial charge is 0.369 e. The topological polar surface area (TPSA) is 26.3 Å². The molecule has 0 saturated carbocycles. The van der Waals surface area contributed by atoms with Crippen LogP contribution in [0.15, 0.2) is 48.5 Å². The molecule has 0 saturated heterocycles. The SMILES string of the molecule is COC(C(=O)c1ccc(F)cc1)c1ccc(C)cc1. The minimum absolute atomic E-state index is 0.175. The van der Waals surface area contributed by atoms with Gasteiger partial charge in [-0.05, 0) is 36.8 Å². The molecule has 2 aromatic rings. The second kappa shape index (κ2) is 5.76. The third-order valence-corrected chi connectivity index (χ3v) is 2.98. The molecule has 0 N–H and O–H groups in total. The van der Waals surface area contributed by atoms with E-state index in [2.05, 4.69) is 0 Å². The standard InChI is InChI=1S/C16H15FO2/c1-11-3-5-13(6-4-11)16(19-2)15(18)12-7-9-14(17)10-8-12/h3-10,16H,1-2H3. The van der Waals surface area contributed by atoms with E-state index in [0.717, 1.165) is 11.1 Å². The van der Waals surface area contributed by atoms with Gasteiger partial charge in [0, 0.05) is 12.7 Å². The lowest BCUT2D eigenvalue weighted by atomic mass is 9.99. The molecule has 2 rings (SSSR count). The summed E-state index contributed by atoms with van der Waals surface area (Å²) in [5.41, 5.74) is 2.35. The van der Waals surface area contributed by atoms with E-state index in [-0.39, 0.29) is 11.6 Å². The summed E-state index contributed by atoms with van der Waals surface area (Å²) in [5.74, 6) is -0.535. The lowest BCUT2D eigenvalue weighted by Gasteiger charge is -2.15. The van der Waals surface area contributed by atoms with Crippen LogP contribution in [0.3, 0.4) is 0 Å². The number of rotatable bonds is 4. The van der Waals surface area contributed by atoms with Gasteiger partial charge in [-0.1, -0.05) is 29.8 Å². The zero-order chi connectivity index (χ0) is 13.8. The first-order chi connectivity index (χ1) is 9.11. The van der Waals surface area contributed by atoms with Gasteiger partial charge in [0.25, 0.3) is 0 Å². The number of Topliss-reactive ketones (excluding diaryl/α,β-unsaturated/α-hetero) is 1. The van der Waals surface area contributed by atoms with Crippen LogP contribution in [0.25, 0.3) is 0 Å². The molecule has 1 atom stereocenters. The maximum atomic E-state index is 12.9. The first kappa shape index (κ1) is 13.4. The van der Waals surface area contributed by atoms with E-state index in [1.807, 2.05) is 31.2 Å². The fourth-order valence-electron chi connectivity index (χ4n) is 1.90. The highest BCUT2D eigenvalue weighted by Gasteiger charge is 2.21. The average molecular weight is 258 g/mol. The predicted octanol–water partition coefficient (Wildman–Crippen LogP) is 3.70. The van der Waals surface area contributed by atoms with Gasteiger partial charge in [0.2, 0.25) is 0 Å². The summed E-state index contributed by atoms with van der Waals surface area (Å²) in [4.78, 5) is 12.3. The molecular weight excluding hydrogens is 243 g/mol. The van der Waals surface area contributed by atoms with E-state index >= 15 is 0 Å². The zero-order valence-corrected chi connectivity index (χ0v) is 10.9. The molecule has 0 fully saturated rings. The van der Waals surface area contributed by atoms with Crippen LogP contribution in [0.2, 0.25) is 0 Å². The average Bonchev–Trinajstić information content (AvgIpc) is 2.42. The predicted molar refractivity (Wildman–Crippen MR) is 71.7 cm³/mol. The van der Waals surface area contributed by atoms with Crippen molar-refractivity contribution in [3.05, 3.63) is 71.0 Å². The van der Waals surface area contributed by atoms with Crippen LogP contribution < -0.4 is 0 Å². The van der Waals surface area contributed by atoms with Gasteiger partial charge < -0.3 is 4.74 Å². The van der Waals surface area contributed by atoms with E-state index in [1.165, 1.54) is 31.4 Å². The van der Waals surface area contributed by atoms with Gasteiger partial charge in [0.1, 0.15) is 11.9 Å². The fourth-order valence-corrected chi connectivity index (χ4v) is 1.90. The van der Waals surface area contributed by atoms with Gasteiger partial charge in [0.05, 0.1) is 0 Å². The van der Waals surface area contributed by atoms with E-state index < -0.39 is 6.10 Å². The highest BCUT2D eigenvalue weighted by molar-refractivity contribution is 6.00. The molecule has 2 nitrogen and oxygen atoms in total. The Kier molecular flexibility index (Phi) is 4.07. The number of methoxy groups -OCH3 is 1. The van der Waals surface area contributed by atoms with Crippen molar-refractivity contribution in [1.29, 1.82) is 0 Å². The van der Waals surface area contributed by atoms with Crippen LogP contribution in [0.1, 0.15) is 27.6 Å². The normalized spacial score (nSPS) is 12.2. The Balaban J connectivity index is 2.29. The van der Waals surface area contributed by atoms with Crippen molar-refractivity contribution < 1.29 is 13.9 Å². The molecule has 0 spiro atoms. The monoisotopic (exact) mass is 258 g/mol. The van der Waals surface area contributed by atoms with Crippen LogP contribution in [-0.4, -0.2) is 12.9 Å². The number of carbonyl (C=O) groups excluding carboxylic acids is 1. The number of benzene rings is 2. The first-order valence-electron chi connectivity index (χ1n) is 6.01. The quantitative estimate of drug-likeness (QED) is 0.781. The van der Waals surface area contributed by atoms with Gasteiger partial charge in [0.15, 0.2) is 5.78 Å². The van der Waals surface area contributed by atoms with Crippen molar-refractivity contribution >= 4 is 5.78 Å². The Labute approximate surface area is 111 Å². The summed E-state index contributed by atoms with van der Waals surface area (Å²) < 4.78 is 18.1. The van der Waals surface area contributed by atoms with Crippen molar-refractivity contribution in [3.63, 3.8) is 0 Å². The zero-order valence-electron chi connectivity index (χ0n) is 10.9. The van der Waals surface area contributed by atoms with Crippen molar-refractivity contribution in [2.24, 2.45) is 0 Å². The molecule has 0 aliphatic rings. The third kappa shape index (κ3) is 3.06. The molecule has 0 amide bonds. The minimum Gasteiger partial charge on any atom is -0.369 e. The molecule has 0 heterocycles. The smallest absolute Gasteiger partial charge is 0.196 e. The molecule has 98 valence electrons. The molecule has 1 unspecified atom stereocenters. The summed E-state index contributed by atoms with van der Waals surface area (Å²) in [6.07, 6.45) is -0.661. The van der Waals surface area contributed by atoms with Gasteiger partial charge >= 0.3 is 0 Å². The summed E-state index contributed by atoms with van der Waals surface area (Å²) in [7, 11) is 1.49. The van der Waals surface area contributed by atoms with Crippen molar-refractivity contribution in [2.75, 3.05) is 7.11 Å². The Morgan fingerprint density at radius 2 is 1.63 bits per heavy atom. The molecule has 2 aromatic carbocycles. The van der Waals surface area contributed by atoms with Crippen molar-refractivity contribution in [3.8, 4) is 0 Å². The lowest BCUT2D eigenvalue weighted by Crippen LogP contribution is -2.14. The molecule has 0 aliphatic heterocycles. The summed E-state index contributed by atoms with van der Waals surface area (Å²) >= 11 is 0. The summed E-state index contributed by atoms with van der Waals surface area (Å²) in [6, 6.07) is 13.1. The van der Waals surface area contributed by atoms with E-state index in [1.54, 1.807) is 0 Å². The third-order valence-electron chi connectivity index (χ3n) is 2.98. The van der Waals surface area contributed by atoms with E-state index in [4.69, 9.17) is 4.74 Å². The number of hydrogen-bond acceptors (Lipinski definition) is 2. The van der Waals surface area contributed by atoms with Gasteiger partial charge in [-0.25, -0.2) is 4.39 Å². The highest BCUT2D eigenvalue weighted by atomic mass is 19.1. The molecule has 19 heavy (non-hydrogen) atoms. The maximum Gasteiger partial charge on any atom is 0.196 e. The first-order valence-corrected chi connectivity index (χ1v) is 6.01. The van der Waals surface area contributed by atoms with Gasteiger partial charge in [-0.2, -0.15) is 0 Å². The van der Waals surface area contributed by atoms with Crippen LogP contribution in [-0.2, 0) is 4.74 Å². The number of hydrogen-bond donors (Lipinski definition) is 0. The summed E-state index contributed by atoms with van der Waals surface area (Å²) in [6.45, 7) is 1.98. The Hall–Kier alpha value is -2.00. The van der Waals surface area contributed by atoms with Crippen LogP contribution in [0.4, 0.5) is 4.39 Å². The molecule has 0 bridgehead atoms. The molecule has 3 heteroatoms. The minimum atomic E-state index is -0.661. The van der Waals surface area contributed by atoms with Crippen molar-refractivity contribution in [1.82, 2.24) is 0 Å². The fraction of sp³-hybridized carbons (Fsp3) is 0.188. The number of halogens is 1. The molecule has 0 aliphatic carbocycles.